The molecule has 2 N–H and O–H groups in total. The third-order valence-electron chi connectivity index (χ3n) is 4.14. The Balaban J connectivity index is 1.64. The highest BCUT2D eigenvalue weighted by Crippen LogP contribution is 2.31. The molecule has 1 fully saturated rings. The van der Waals surface area contributed by atoms with Crippen molar-refractivity contribution in [3.05, 3.63) is 35.2 Å². The van der Waals surface area contributed by atoms with Crippen molar-refractivity contribution >= 4 is 21.6 Å². The van der Waals surface area contributed by atoms with E-state index in [1.54, 1.807) is 16.0 Å². The van der Waals surface area contributed by atoms with Gasteiger partial charge in [0.1, 0.15) is 16.6 Å². The standard InChI is InChI=1S/C16H19N5OS/c1-21-9-10(8-18-21)6-14-19-13-4-5-23-15(13)16(20-14)22-12-3-2-11(17)7-12/h4-5,8-9,11-12H,2-3,6-7,17H2,1H3/t11-,12+/m1/s1. The third-order valence-corrected chi connectivity index (χ3v) is 5.03. The number of thiophene rings is 1. The molecule has 0 spiro atoms. The molecule has 1 aliphatic carbocycles. The van der Waals surface area contributed by atoms with Crippen LogP contribution in [0.5, 0.6) is 5.88 Å². The van der Waals surface area contributed by atoms with E-state index in [9.17, 15) is 0 Å². The topological polar surface area (TPSA) is 78.9 Å². The zero-order chi connectivity index (χ0) is 15.8. The Bertz CT molecular complexity index is 827. The first-order valence-electron chi connectivity index (χ1n) is 7.81. The number of fused-ring (bicyclic) bond motifs is 1. The van der Waals surface area contributed by atoms with E-state index in [0.29, 0.717) is 12.3 Å². The lowest BCUT2D eigenvalue weighted by Crippen LogP contribution is -2.19. The molecule has 120 valence electrons. The predicted molar refractivity (Wildman–Crippen MR) is 89.7 cm³/mol. The van der Waals surface area contributed by atoms with Crippen LogP contribution in [0.25, 0.3) is 10.2 Å². The molecule has 7 heteroatoms. The highest BCUT2D eigenvalue weighted by Gasteiger charge is 2.25. The van der Waals surface area contributed by atoms with Gasteiger partial charge in [0.15, 0.2) is 0 Å². The highest BCUT2D eigenvalue weighted by molar-refractivity contribution is 7.17. The SMILES string of the molecule is Cn1cc(Cc2nc(O[C@H]3CC[C@@H](N)C3)c3sccc3n2)cn1. The van der Waals surface area contributed by atoms with E-state index in [2.05, 4.69) is 15.1 Å². The normalized spacial score (nSPS) is 21.1. The molecule has 0 bridgehead atoms. The number of nitrogens with zero attached hydrogens (tertiary/aromatic N) is 4. The van der Waals surface area contributed by atoms with E-state index in [1.807, 2.05) is 30.9 Å². The number of nitrogens with two attached hydrogens (primary N) is 1. The average molecular weight is 329 g/mol. The van der Waals surface area contributed by atoms with E-state index in [4.69, 9.17) is 10.5 Å². The Hall–Kier alpha value is -1.99. The molecule has 4 rings (SSSR count). The fraction of sp³-hybridized carbons (Fsp3) is 0.438. The van der Waals surface area contributed by atoms with Crippen LogP contribution >= 0.6 is 11.3 Å². The van der Waals surface area contributed by atoms with E-state index in [1.165, 1.54) is 0 Å². The number of rotatable bonds is 4. The Morgan fingerprint density at radius 3 is 3.04 bits per heavy atom. The molecule has 0 radical (unpaired) electrons. The van der Waals surface area contributed by atoms with Crippen LogP contribution in [0.1, 0.15) is 30.7 Å². The van der Waals surface area contributed by atoms with Crippen LogP contribution in [0.2, 0.25) is 0 Å². The van der Waals surface area contributed by atoms with Crippen LogP contribution in [-0.2, 0) is 13.5 Å². The maximum absolute atomic E-state index is 6.16. The molecular weight excluding hydrogens is 310 g/mol. The minimum absolute atomic E-state index is 0.163. The van der Waals surface area contributed by atoms with Gasteiger partial charge in [-0.05, 0) is 36.3 Å². The van der Waals surface area contributed by atoms with Crippen molar-refractivity contribution < 1.29 is 4.74 Å². The summed E-state index contributed by atoms with van der Waals surface area (Å²) in [5, 5.41) is 6.23. The average Bonchev–Trinajstić information content (AvgIpc) is 3.22. The molecule has 3 aromatic rings. The monoisotopic (exact) mass is 329 g/mol. The van der Waals surface area contributed by atoms with Crippen LogP contribution < -0.4 is 10.5 Å². The molecular formula is C16H19N5OS. The maximum atomic E-state index is 6.16. The van der Waals surface area contributed by atoms with Gasteiger partial charge in [0.25, 0.3) is 0 Å². The Morgan fingerprint density at radius 2 is 2.30 bits per heavy atom. The van der Waals surface area contributed by atoms with Crippen LogP contribution in [0.3, 0.4) is 0 Å². The number of aromatic nitrogens is 4. The summed E-state index contributed by atoms with van der Waals surface area (Å²) in [6.45, 7) is 0. The molecule has 23 heavy (non-hydrogen) atoms. The maximum Gasteiger partial charge on any atom is 0.235 e. The van der Waals surface area contributed by atoms with Gasteiger partial charge in [-0.3, -0.25) is 4.68 Å². The molecule has 0 unspecified atom stereocenters. The molecule has 1 saturated carbocycles. The summed E-state index contributed by atoms with van der Waals surface area (Å²) >= 11 is 1.62. The Labute approximate surface area is 138 Å². The first kappa shape index (κ1) is 14.6. The minimum Gasteiger partial charge on any atom is -0.473 e. The summed E-state index contributed by atoms with van der Waals surface area (Å²) in [5.74, 6) is 1.46. The summed E-state index contributed by atoms with van der Waals surface area (Å²) in [6, 6.07) is 2.26. The van der Waals surface area contributed by atoms with Gasteiger partial charge in [-0.2, -0.15) is 10.1 Å². The molecule has 0 saturated heterocycles. The number of ether oxygens (including phenoxy) is 1. The quantitative estimate of drug-likeness (QED) is 0.794. The molecule has 6 nitrogen and oxygen atoms in total. The second-order valence-corrected chi connectivity index (χ2v) is 7.01. The summed E-state index contributed by atoms with van der Waals surface area (Å²) in [4.78, 5) is 9.31. The number of aryl methyl sites for hydroxylation is 1. The van der Waals surface area contributed by atoms with E-state index >= 15 is 0 Å². The van der Waals surface area contributed by atoms with E-state index in [0.717, 1.165) is 40.9 Å². The lowest BCUT2D eigenvalue weighted by molar-refractivity contribution is 0.202. The van der Waals surface area contributed by atoms with Crippen LogP contribution in [0.15, 0.2) is 23.8 Å². The van der Waals surface area contributed by atoms with Gasteiger partial charge in [-0.15, -0.1) is 11.3 Å². The van der Waals surface area contributed by atoms with Crippen molar-refractivity contribution in [2.24, 2.45) is 12.8 Å². The number of hydrogen-bond donors (Lipinski definition) is 1. The van der Waals surface area contributed by atoms with Crippen molar-refractivity contribution in [1.29, 1.82) is 0 Å². The summed E-state index contributed by atoms with van der Waals surface area (Å²) in [6.07, 6.45) is 7.56. The second-order valence-electron chi connectivity index (χ2n) is 6.09. The Kier molecular flexibility index (Phi) is 3.74. The highest BCUT2D eigenvalue weighted by atomic mass is 32.1. The first-order chi connectivity index (χ1) is 11.2. The van der Waals surface area contributed by atoms with Gasteiger partial charge in [0.05, 0.1) is 11.7 Å². The van der Waals surface area contributed by atoms with Gasteiger partial charge >= 0.3 is 0 Å². The smallest absolute Gasteiger partial charge is 0.235 e. The summed E-state index contributed by atoms with van der Waals surface area (Å²) < 4.78 is 8.96. The van der Waals surface area contributed by atoms with E-state index < -0.39 is 0 Å². The van der Waals surface area contributed by atoms with Crippen LogP contribution in [-0.4, -0.2) is 31.9 Å². The van der Waals surface area contributed by atoms with E-state index in [-0.39, 0.29) is 12.1 Å². The lowest BCUT2D eigenvalue weighted by Gasteiger charge is -2.13. The molecule has 1 aliphatic rings. The fourth-order valence-electron chi connectivity index (χ4n) is 3.03. The van der Waals surface area contributed by atoms with Gasteiger partial charge < -0.3 is 10.5 Å². The molecule has 3 heterocycles. The van der Waals surface area contributed by atoms with Crippen molar-refractivity contribution in [3.63, 3.8) is 0 Å². The van der Waals surface area contributed by atoms with Crippen molar-refractivity contribution in [2.45, 2.75) is 37.8 Å². The van der Waals surface area contributed by atoms with Gasteiger partial charge in [-0.25, -0.2) is 4.98 Å². The molecule has 2 atom stereocenters. The third kappa shape index (κ3) is 3.07. The summed E-state index contributed by atoms with van der Waals surface area (Å²) in [5.41, 5.74) is 8.03. The van der Waals surface area contributed by atoms with Gasteiger partial charge in [0.2, 0.25) is 5.88 Å². The minimum atomic E-state index is 0.163. The van der Waals surface area contributed by atoms with Crippen molar-refractivity contribution in [3.8, 4) is 5.88 Å². The van der Waals surface area contributed by atoms with Crippen molar-refractivity contribution in [1.82, 2.24) is 19.7 Å². The van der Waals surface area contributed by atoms with Gasteiger partial charge in [-0.1, -0.05) is 0 Å². The molecule has 3 aromatic heterocycles. The second kappa shape index (κ2) is 5.90. The fourth-order valence-corrected chi connectivity index (χ4v) is 3.79. The van der Waals surface area contributed by atoms with Crippen LogP contribution in [0.4, 0.5) is 0 Å². The largest absolute Gasteiger partial charge is 0.473 e. The lowest BCUT2D eigenvalue weighted by atomic mass is 10.2. The molecule has 0 amide bonds. The molecule has 0 aromatic carbocycles. The van der Waals surface area contributed by atoms with Crippen molar-refractivity contribution in [2.75, 3.05) is 0 Å². The van der Waals surface area contributed by atoms with Gasteiger partial charge in [0, 0.05) is 25.7 Å². The zero-order valence-electron chi connectivity index (χ0n) is 13.0. The zero-order valence-corrected chi connectivity index (χ0v) is 13.8. The first-order valence-corrected chi connectivity index (χ1v) is 8.69. The predicted octanol–water partition coefficient (Wildman–Crippen LogP) is 2.27. The Morgan fingerprint density at radius 1 is 1.39 bits per heavy atom. The number of hydrogen-bond acceptors (Lipinski definition) is 6. The molecule has 0 aliphatic heterocycles. The summed E-state index contributed by atoms with van der Waals surface area (Å²) in [7, 11) is 1.91. The van der Waals surface area contributed by atoms with Crippen LogP contribution in [0, 0.1) is 0 Å².